The summed E-state index contributed by atoms with van der Waals surface area (Å²) >= 11 is 0. The minimum absolute atomic E-state index is 0.0248. The predicted octanol–water partition coefficient (Wildman–Crippen LogP) is 4.61. The SMILES string of the molecule is COc1cccc(NC(C(=O)c2c[nH]c3ncccc23)c2ccccc2)c1. The quantitative estimate of drug-likeness (QED) is 0.495. The topological polar surface area (TPSA) is 67.0 Å². The Morgan fingerprint density at radius 3 is 2.74 bits per heavy atom. The fraction of sp³-hybridized carbons (Fsp3) is 0.0909. The van der Waals surface area contributed by atoms with Gasteiger partial charge in [-0.2, -0.15) is 0 Å². The van der Waals surface area contributed by atoms with Gasteiger partial charge in [0.15, 0.2) is 5.78 Å². The van der Waals surface area contributed by atoms with Crippen molar-refractivity contribution < 1.29 is 9.53 Å². The number of nitrogens with zero attached hydrogens (tertiary/aromatic N) is 1. The fourth-order valence-corrected chi connectivity index (χ4v) is 3.14. The highest BCUT2D eigenvalue weighted by Crippen LogP contribution is 2.28. The first kappa shape index (κ1) is 16.8. The van der Waals surface area contributed by atoms with E-state index in [2.05, 4.69) is 15.3 Å². The molecule has 5 nitrogen and oxygen atoms in total. The third-order valence-electron chi connectivity index (χ3n) is 4.49. The van der Waals surface area contributed by atoms with Gasteiger partial charge in [0, 0.05) is 35.1 Å². The van der Waals surface area contributed by atoms with Crippen LogP contribution in [0.5, 0.6) is 5.75 Å². The molecule has 0 spiro atoms. The first-order valence-electron chi connectivity index (χ1n) is 8.68. The second-order valence-electron chi connectivity index (χ2n) is 6.19. The van der Waals surface area contributed by atoms with Gasteiger partial charge in [-0.25, -0.2) is 4.98 Å². The number of anilines is 1. The summed E-state index contributed by atoms with van der Waals surface area (Å²) in [7, 11) is 1.62. The van der Waals surface area contributed by atoms with Crippen LogP contribution in [-0.4, -0.2) is 22.9 Å². The van der Waals surface area contributed by atoms with E-state index in [1.807, 2.05) is 66.7 Å². The Labute approximate surface area is 157 Å². The molecule has 0 aliphatic carbocycles. The van der Waals surface area contributed by atoms with Gasteiger partial charge in [0.05, 0.1) is 7.11 Å². The lowest BCUT2D eigenvalue weighted by Crippen LogP contribution is -2.21. The van der Waals surface area contributed by atoms with Crippen molar-refractivity contribution in [2.24, 2.45) is 0 Å². The van der Waals surface area contributed by atoms with E-state index in [0.717, 1.165) is 22.4 Å². The number of ketones is 1. The summed E-state index contributed by atoms with van der Waals surface area (Å²) in [6.45, 7) is 0. The smallest absolute Gasteiger partial charge is 0.191 e. The third kappa shape index (κ3) is 3.40. The van der Waals surface area contributed by atoms with Crippen molar-refractivity contribution in [3.05, 3.63) is 90.3 Å². The van der Waals surface area contributed by atoms with E-state index in [9.17, 15) is 4.79 Å². The zero-order valence-electron chi connectivity index (χ0n) is 14.8. The Morgan fingerprint density at radius 2 is 1.93 bits per heavy atom. The van der Waals surface area contributed by atoms with Gasteiger partial charge in [0.25, 0.3) is 0 Å². The lowest BCUT2D eigenvalue weighted by atomic mass is 9.97. The van der Waals surface area contributed by atoms with Crippen molar-refractivity contribution in [3.63, 3.8) is 0 Å². The van der Waals surface area contributed by atoms with Crippen LogP contribution in [0, 0.1) is 0 Å². The number of aromatic amines is 1. The van der Waals surface area contributed by atoms with Crippen LogP contribution in [0.3, 0.4) is 0 Å². The monoisotopic (exact) mass is 357 g/mol. The maximum absolute atomic E-state index is 13.4. The molecule has 1 unspecified atom stereocenters. The van der Waals surface area contributed by atoms with Gasteiger partial charge in [-0.1, -0.05) is 36.4 Å². The maximum atomic E-state index is 13.4. The number of hydrogen-bond acceptors (Lipinski definition) is 4. The molecule has 4 rings (SSSR count). The molecule has 0 saturated carbocycles. The van der Waals surface area contributed by atoms with E-state index in [4.69, 9.17) is 4.74 Å². The van der Waals surface area contributed by atoms with E-state index in [0.29, 0.717) is 11.2 Å². The third-order valence-corrected chi connectivity index (χ3v) is 4.49. The van der Waals surface area contributed by atoms with Gasteiger partial charge in [-0.3, -0.25) is 4.79 Å². The van der Waals surface area contributed by atoms with Gasteiger partial charge in [0.2, 0.25) is 0 Å². The number of H-pyrrole nitrogens is 1. The van der Waals surface area contributed by atoms with Crippen LogP contribution in [-0.2, 0) is 0 Å². The molecule has 0 aliphatic rings. The number of benzene rings is 2. The molecule has 134 valence electrons. The van der Waals surface area contributed by atoms with Crippen LogP contribution in [0.25, 0.3) is 11.0 Å². The summed E-state index contributed by atoms with van der Waals surface area (Å²) in [5.74, 6) is 0.707. The molecule has 2 aromatic heterocycles. The van der Waals surface area contributed by atoms with E-state index < -0.39 is 6.04 Å². The highest BCUT2D eigenvalue weighted by molar-refractivity contribution is 6.10. The van der Waals surface area contributed by atoms with Crippen molar-refractivity contribution in [3.8, 4) is 5.75 Å². The van der Waals surface area contributed by atoms with E-state index >= 15 is 0 Å². The van der Waals surface area contributed by atoms with Crippen molar-refractivity contribution in [1.82, 2.24) is 9.97 Å². The van der Waals surface area contributed by atoms with Gasteiger partial charge in [-0.05, 0) is 29.8 Å². The zero-order valence-corrected chi connectivity index (χ0v) is 14.8. The van der Waals surface area contributed by atoms with Crippen molar-refractivity contribution in [1.29, 1.82) is 0 Å². The highest BCUT2D eigenvalue weighted by atomic mass is 16.5. The number of fused-ring (bicyclic) bond motifs is 1. The summed E-state index contributed by atoms with van der Waals surface area (Å²) in [6, 6.07) is 20.5. The number of carbonyl (C=O) groups excluding carboxylic acids is 1. The molecule has 2 heterocycles. The number of rotatable bonds is 6. The Balaban J connectivity index is 1.74. The van der Waals surface area contributed by atoms with Gasteiger partial charge < -0.3 is 15.0 Å². The first-order valence-corrected chi connectivity index (χ1v) is 8.68. The molecule has 0 radical (unpaired) electrons. The first-order chi connectivity index (χ1) is 13.3. The van der Waals surface area contributed by atoms with Gasteiger partial charge in [-0.15, -0.1) is 0 Å². The van der Waals surface area contributed by atoms with E-state index in [1.165, 1.54) is 0 Å². The molecule has 5 heteroatoms. The van der Waals surface area contributed by atoms with E-state index in [1.54, 1.807) is 19.5 Å². The number of aromatic nitrogens is 2. The van der Waals surface area contributed by atoms with Crippen LogP contribution in [0.2, 0.25) is 0 Å². The van der Waals surface area contributed by atoms with Crippen LogP contribution >= 0.6 is 0 Å². The molecule has 0 bridgehead atoms. The molecule has 4 aromatic rings. The van der Waals surface area contributed by atoms with Crippen molar-refractivity contribution >= 4 is 22.5 Å². The minimum Gasteiger partial charge on any atom is -0.497 e. The number of carbonyl (C=O) groups is 1. The Morgan fingerprint density at radius 1 is 1.07 bits per heavy atom. The molecular formula is C22H19N3O2. The van der Waals surface area contributed by atoms with Crippen molar-refractivity contribution in [2.45, 2.75) is 6.04 Å². The Bertz CT molecular complexity index is 1070. The lowest BCUT2D eigenvalue weighted by molar-refractivity contribution is 0.0971. The lowest BCUT2D eigenvalue weighted by Gasteiger charge is -2.19. The van der Waals surface area contributed by atoms with Crippen LogP contribution in [0.1, 0.15) is 22.0 Å². The molecule has 27 heavy (non-hydrogen) atoms. The second kappa shape index (κ2) is 7.33. The molecule has 0 amide bonds. The Kier molecular flexibility index (Phi) is 4.58. The predicted molar refractivity (Wildman–Crippen MR) is 106 cm³/mol. The van der Waals surface area contributed by atoms with Crippen LogP contribution < -0.4 is 10.1 Å². The fourth-order valence-electron chi connectivity index (χ4n) is 3.14. The average Bonchev–Trinajstić information content (AvgIpc) is 3.16. The van der Waals surface area contributed by atoms with Gasteiger partial charge >= 0.3 is 0 Å². The number of nitrogens with one attached hydrogen (secondary N) is 2. The molecular weight excluding hydrogens is 338 g/mol. The van der Waals surface area contributed by atoms with E-state index in [-0.39, 0.29) is 5.78 Å². The molecule has 2 N–H and O–H groups in total. The summed E-state index contributed by atoms with van der Waals surface area (Å²) in [4.78, 5) is 20.8. The highest BCUT2D eigenvalue weighted by Gasteiger charge is 2.24. The largest absolute Gasteiger partial charge is 0.497 e. The molecule has 0 fully saturated rings. The number of methoxy groups -OCH3 is 1. The second-order valence-corrected chi connectivity index (χ2v) is 6.19. The molecule has 0 aliphatic heterocycles. The van der Waals surface area contributed by atoms with Crippen LogP contribution in [0.4, 0.5) is 5.69 Å². The molecule has 2 aromatic carbocycles. The maximum Gasteiger partial charge on any atom is 0.191 e. The Hall–Kier alpha value is -3.60. The van der Waals surface area contributed by atoms with Crippen LogP contribution in [0.15, 0.2) is 79.1 Å². The number of Topliss-reactive ketones (excluding diaryl/α,β-unsaturated/α-hetero) is 1. The molecule has 1 atom stereocenters. The average molecular weight is 357 g/mol. The summed E-state index contributed by atoms with van der Waals surface area (Å²) in [5.41, 5.74) is 3.02. The minimum atomic E-state index is -0.530. The normalized spacial score (nSPS) is 11.9. The number of ether oxygens (including phenoxy) is 1. The van der Waals surface area contributed by atoms with Crippen molar-refractivity contribution in [2.75, 3.05) is 12.4 Å². The summed E-state index contributed by atoms with van der Waals surface area (Å²) < 4.78 is 5.29. The summed E-state index contributed by atoms with van der Waals surface area (Å²) in [5, 5.41) is 4.17. The zero-order chi connectivity index (χ0) is 18.6. The molecule has 0 saturated heterocycles. The summed E-state index contributed by atoms with van der Waals surface area (Å²) in [6.07, 6.45) is 3.43. The number of pyridine rings is 1. The van der Waals surface area contributed by atoms with Gasteiger partial charge in [0.1, 0.15) is 17.4 Å². The standard InChI is InChI=1S/C22H19N3O2/c1-27-17-10-5-9-16(13-17)25-20(15-7-3-2-4-8-15)21(26)19-14-24-22-18(19)11-6-12-23-22/h2-14,20,25H,1H3,(H,23,24). The number of hydrogen-bond donors (Lipinski definition) is 2.